The number of piperidine rings is 1. The average molecular weight is 437 g/mol. The van der Waals surface area contributed by atoms with Gasteiger partial charge in [0.15, 0.2) is 0 Å². The number of nitrogens with zero attached hydrogens (tertiary/aromatic N) is 2. The highest BCUT2D eigenvalue weighted by Gasteiger charge is 2.31. The van der Waals surface area contributed by atoms with Crippen LogP contribution < -0.4 is 4.74 Å². The first-order chi connectivity index (χ1) is 15.2. The van der Waals surface area contributed by atoms with Crippen molar-refractivity contribution in [2.24, 2.45) is 5.92 Å². The Labute approximate surface area is 188 Å². The van der Waals surface area contributed by atoms with Crippen LogP contribution >= 0.6 is 0 Å². The third-order valence-electron chi connectivity index (χ3n) is 7.00. The number of hydrogen-bond acceptors (Lipinski definition) is 4. The average Bonchev–Trinajstić information content (AvgIpc) is 2.85. The summed E-state index contributed by atoms with van der Waals surface area (Å²) in [6.45, 7) is 2.24. The van der Waals surface area contributed by atoms with Gasteiger partial charge in [0.25, 0.3) is 0 Å². The number of likely N-dealkylation sites (tertiary alicyclic amines) is 1. The summed E-state index contributed by atoms with van der Waals surface area (Å²) in [5, 5.41) is 9.92. The Bertz CT molecular complexity index is 906. The number of hydrogen-bond donors (Lipinski definition) is 0. The minimum Gasteiger partial charge on any atom is -0.497 e. The van der Waals surface area contributed by atoms with Crippen LogP contribution in [-0.4, -0.2) is 35.3 Å². The van der Waals surface area contributed by atoms with Crippen molar-refractivity contribution >= 4 is 10.8 Å². The second-order valence-corrected chi connectivity index (χ2v) is 10.3. The van der Waals surface area contributed by atoms with E-state index in [-0.39, 0.29) is 5.92 Å². The zero-order chi connectivity index (χ0) is 21.6. The predicted octanol–water partition coefficient (Wildman–Crippen LogP) is 5.51. The largest absolute Gasteiger partial charge is 0.497 e. The van der Waals surface area contributed by atoms with Crippen LogP contribution in [0.5, 0.6) is 5.75 Å². The summed E-state index contributed by atoms with van der Waals surface area (Å²) in [7, 11) is 0.383. The molecule has 1 saturated heterocycles. The maximum atomic E-state index is 12.9. The normalized spacial score (nSPS) is 20.6. The van der Waals surface area contributed by atoms with E-state index >= 15 is 0 Å². The van der Waals surface area contributed by atoms with Gasteiger partial charge in [0.1, 0.15) is 5.75 Å². The standard InChI is InChI=1S/C26H32N2O2S/c1-30-23-9-13-25(14-10-23)31(29)24-11-7-20(8-12-24)26(19-27)21-15-17-28(18-16-21)22-5-3-2-4-6-22/h7-14,21-22,26H,2-6,15-18H2,1H3/t26?,31-/m1/s1. The van der Waals surface area contributed by atoms with E-state index in [9.17, 15) is 9.47 Å². The number of methoxy groups -OCH3 is 1. The second kappa shape index (κ2) is 10.4. The summed E-state index contributed by atoms with van der Waals surface area (Å²) in [5.74, 6) is 1.07. The molecule has 2 aliphatic rings. The fourth-order valence-electron chi connectivity index (χ4n) is 5.15. The Hall–Kier alpha value is -2.16. The van der Waals surface area contributed by atoms with E-state index < -0.39 is 10.8 Å². The van der Waals surface area contributed by atoms with E-state index in [4.69, 9.17) is 4.74 Å². The van der Waals surface area contributed by atoms with E-state index in [1.54, 1.807) is 7.11 Å². The number of rotatable bonds is 6. The van der Waals surface area contributed by atoms with Gasteiger partial charge in [0.05, 0.1) is 29.9 Å². The van der Waals surface area contributed by atoms with E-state index in [1.807, 2.05) is 48.5 Å². The minimum absolute atomic E-state index is 0.0861. The van der Waals surface area contributed by atoms with Crippen molar-refractivity contribution in [1.29, 1.82) is 5.26 Å². The van der Waals surface area contributed by atoms with Crippen molar-refractivity contribution in [1.82, 2.24) is 4.90 Å². The van der Waals surface area contributed by atoms with Crippen molar-refractivity contribution in [3.05, 3.63) is 54.1 Å². The molecule has 1 aliphatic heterocycles. The van der Waals surface area contributed by atoms with Gasteiger partial charge in [-0.2, -0.15) is 5.26 Å². The van der Waals surface area contributed by atoms with Gasteiger partial charge >= 0.3 is 0 Å². The molecule has 31 heavy (non-hydrogen) atoms. The van der Waals surface area contributed by atoms with Crippen LogP contribution in [0.4, 0.5) is 0 Å². The van der Waals surface area contributed by atoms with Crippen molar-refractivity contribution in [2.75, 3.05) is 20.2 Å². The Morgan fingerprint density at radius 2 is 1.52 bits per heavy atom. The molecule has 0 spiro atoms. The summed E-state index contributed by atoms with van der Waals surface area (Å²) < 4.78 is 18.1. The van der Waals surface area contributed by atoms with Crippen molar-refractivity contribution < 1.29 is 8.95 Å². The van der Waals surface area contributed by atoms with E-state index in [1.165, 1.54) is 32.1 Å². The molecule has 2 aromatic carbocycles. The maximum absolute atomic E-state index is 12.9. The summed E-state index contributed by atoms with van der Waals surface area (Å²) in [6, 6.07) is 18.5. The van der Waals surface area contributed by atoms with Gasteiger partial charge in [0, 0.05) is 15.8 Å². The fraction of sp³-hybridized carbons (Fsp3) is 0.500. The molecule has 5 heteroatoms. The van der Waals surface area contributed by atoms with E-state index in [0.29, 0.717) is 5.92 Å². The molecule has 4 nitrogen and oxygen atoms in total. The lowest BCUT2D eigenvalue weighted by atomic mass is 9.80. The van der Waals surface area contributed by atoms with Crippen LogP contribution in [0.25, 0.3) is 0 Å². The van der Waals surface area contributed by atoms with Crippen LogP contribution in [0, 0.1) is 17.2 Å². The summed E-state index contributed by atoms with van der Waals surface area (Å²) >= 11 is 0. The molecule has 0 bridgehead atoms. The van der Waals surface area contributed by atoms with Crippen molar-refractivity contribution in [2.45, 2.75) is 66.7 Å². The molecular weight excluding hydrogens is 404 g/mol. The Morgan fingerprint density at radius 3 is 2.06 bits per heavy atom. The van der Waals surface area contributed by atoms with Gasteiger partial charge in [-0.3, -0.25) is 0 Å². The monoisotopic (exact) mass is 436 g/mol. The van der Waals surface area contributed by atoms with Crippen LogP contribution in [0.2, 0.25) is 0 Å². The fourth-order valence-corrected chi connectivity index (χ4v) is 6.19. The smallest absolute Gasteiger partial charge is 0.118 e. The van der Waals surface area contributed by atoms with Crippen molar-refractivity contribution in [3.63, 3.8) is 0 Å². The van der Waals surface area contributed by atoms with Gasteiger partial charge in [-0.1, -0.05) is 31.4 Å². The molecule has 1 unspecified atom stereocenters. The van der Waals surface area contributed by atoms with Crippen LogP contribution in [0.1, 0.15) is 56.4 Å². The topological polar surface area (TPSA) is 53.3 Å². The summed E-state index contributed by atoms with van der Waals surface area (Å²) in [6.07, 6.45) is 9.01. The van der Waals surface area contributed by atoms with Crippen LogP contribution in [0.3, 0.4) is 0 Å². The Kier molecular flexibility index (Phi) is 7.42. The lowest BCUT2D eigenvalue weighted by Crippen LogP contribution is -2.43. The second-order valence-electron chi connectivity index (χ2n) is 8.79. The third kappa shape index (κ3) is 5.19. The molecular formula is C26H32N2O2S. The van der Waals surface area contributed by atoms with E-state index in [0.717, 1.165) is 53.1 Å². The number of nitriles is 1. The molecule has 0 amide bonds. The maximum Gasteiger partial charge on any atom is 0.118 e. The molecule has 0 radical (unpaired) electrons. The highest BCUT2D eigenvalue weighted by Crippen LogP contribution is 2.35. The van der Waals surface area contributed by atoms with Crippen molar-refractivity contribution in [3.8, 4) is 11.8 Å². The highest BCUT2D eigenvalue weighted by molar-refractivity contribution is 7.85. The first-order valence-corrected chi connectivity index (χ1v) is 12.6. The summed E-state index contributed by atoms with van der Waals surface area (Å²) in [4.78, 5) is 4.18. The Balaban J connectivity index is 1.39. The molecule has 2 atom stereocenters. The van der Waals surface area contributed by atoms with Crippen LogP contribution in [0.15, 0.2) is 58.3 Å². The molecule has 2 fully saturated rings. The quantitative estimate of drug-likeness (QED) is 0.599. The molecule has 0 aromatic heterocycles. The summed E-state index contributed by atoms with van der Waals surface area (Å²) in [5.41, 5.74) is 1.05. The van der Waals surface area contributed by atoms with Gasteiger partial charge < -0.3 is 9.64 Å². The van der Waals surface area contributed by atoms with Gasteiger partial charge in [-0.05, 0) is 86.7 Å². The Morgan fingerprint density at radius 1 is 0.935 bits per heavy atom. The van der Waals surface area contributed by atoms with Gasteiger partial charge in [-0.15, -0.1) is 0 Å². The van der Waals surface area contributed by atoms with Gasteiger partial charge in [0.2, 0.25) is 0 Å². The predicted molar refractivity (Wildman–Crippen MR) is 124 cm³/mol. The zero-order valence-corrected chi connectivity index (χ0v) is 19.2. The molecule has 1 aliphatic carbocycles. The zero-order valence-electron chi connectivity index (χ0n) is 18.3. The highest BCUT2D eigenvalue weighted by atomic mass is 32.2. The third-order valence-corrected chi connectivity index (χ3v) is 8.40. The molecule has 2 aromatic rings. The molecule has 164 valence electrons. The SMILES string of the molecule is COc1ccc([S@](=O)c2ccc(C(C#N)C3CCN(C4CCCCC4)CC3)cc2)cc1. The lowest BCUT2D eigenvalue weighted by molar-refractivity contribution is 0.103. The van der Waals surface area contributed by atoms with Crippen LogP contribution in [-0.2, 0) is 10.8 Å². The lowest BCUT2D eigenvalue weighted by Gasteiger charge is -2.40. The molecule has 4 rings (SSSR count). The number of ether oxygens (including phenoxy) is 1. The first kappa shape index (κ1) is 22.0. The molecule has 0 N–H and O–H groups in total. The number of benzene rings is 2. The first-order valence-electron chi connectivity index (χ1n) is 11.5. The molecule has 1 saturated carbocycles. The minimum atomic E-state index is -1.24. The van der Waals surface area contributed by atoms with Gasteiger partial charge in [-0.25, -0.2) is 4.21 Å². The molecule has 1 heterocycles. The van der Waals surface area contributed by atoms with E-state index in [2.05, 4.69) is 11.0 Å².